The van der Waals surface area contributed by atoms with Gasteiger partial charge in [0.2, 0.25) is 0 Å². The van der Waals surface area contributed by atoms with Crippen molar-refractivity contribution in [1.82, 2.24) is 0 Å². The number of benzene rings is 6. The molecule has 0 unspecified atom stereocenters. The summed E-state index contributed by atoms with van der Waals surface area (Å²) in [5.41, 5.74) is 11.1. The molecule has 61 heavy (non-hydrogen) atoms. The first kappa shape index (κ1) is 42.5. The van der Waals surface area contributed by atoms with Crippen LogP contribution in [0, 0.1) is 0 Å². The number of fused-ring (bicyclic) bond motifs is 3. The number of nitrogens with zero attached hydrogens (tertiary/aromatic N) is 2. The highest BCUT2D eigenvalue weighted by molar-refractivity contribution is 7.80. The van der Waals surface area contributed by atoms with Crippen LogP contribution in [0.15, 0.2) is 179 Å². The number of aliphatic imine (C=N–C) groups is 2. The molecule has 0 bridgehead atoms. The number of esters is 2. The van der Waals surface area contributed by atoms with Gasteiger partial charge in [-0.3, -0.25) is 9.98 Å². The zero-order chi connectivity index (χ0) is 42.9. The van der Waals surface area contributed by atoms with E-state index in [9.17, 15) is 9.59 Å². The summed E-state index contributed by atoms with van der Waals surface area (Å²) < 4.78 is 21.4. The second kappa shape index (κ2) is 19.2. The molecule has 306 valence electrons. The quantitative estimate of drug-likeness (QED) is 0.0331. The minimum atomic E-state index is -0.684. The molecule has 6 aromatic rings. The van der Waals surface area contributed by atoms with Gasteiger partial charge in [-0.15, -0.1) is 25.3 Å². The fourth-order valence-electron chi connectivity index (χ4n) is 7.52. The van der Waals surface area contributed by atoms with Gasteiger partial charge in [0, 0.05) is 33.4 Å². The number of hydrogen-bond acceptors (Lipinski definition) is 10. The topological polar surface area (TPSA) is 95.8 Å². The van der Waals surface area contributed by atoms with Crippen LogP contribution in [0.25, 0.3) is 11.1 Å². The van der Waals surface area contributed by atoms with Crippen molar-refractivity contribution in [1.29, 1.82) is 0 Å². The summed E-state index contributed by atoms with van der Waals surface area (Å²) in [5.74, 6) is 0.356. The van der Waals surface area contributed by atoms with Gasteiger partial charge in [-0.1, -0.05) is 73.8 Å². The maximum atomic E-state index is 11.3. The van der Waals surface area contributed by atoms with E-state index < -0.39 is 17.4 Å². The van der Waals surface area contributed by atoms with Crippen LogP contribution in [0.1, 0.15) is 47.2 Å². The van der Waals surface area contributed by atoms with Gasteiger partial charge in [-0.05, 0) is 131 Å². The maximum Gasteiger partial charge on any atom is 0.330 e. The highest BCUT2D eigenvalue weighted by Gasteiger charge is 2.46. The molecule has 1 aliphatic rings. The van der Waals surface area contributed by atoms with Gasteiger partial charge in [-0.25, -0.2) is 9.59 Å². The molecule has 0 saturated heterocycles. The Hall–Kier alpha value is -6.62. The number of carbonyl (C=O) groups excluding carboxylic acids is 2. The molecular weight excluding hydrogens is 801 g/mol. The minimum absolute atomic E-state index is 0.136. The first-order chi connectivity index (χ1) is 29.6. The smallest absolute Gasteiger partial charge is 0.330 e. The molecule has 8 nitrogen and oxygen atoms in total. The average Bonchev–Trinajstić information content (AvgIpc) is 3.59. The molecular formula is C51H44N2O6S2. The van der Waals surface area contributed by atoms with Crippen molar-refractivity contribution in [2.24, 2.45) is 9.98 Å². The van der Waals surface area contributed by atoms with Gasteiger partial charge in [0.05, 0.1) is 16.8 Å². The van der Waals surface area contributed by atoms with E-state index in [1.54, 1.807) is 0 Å². The van der Waals surface area contributed by atoms with Crippen LogP contribution in [-0.4, -0.2) is 49.8 Å². The number of hydrogen-bond donors (Lipinski definition) is 2. The Balaban J connectivity index is 1.18. The van der Waals surface area contributed by atoms with E-state index in [0.29, 0.717) is 11.5 Å². The van der Waals surface area contributed by atoms with Crippen molar-refractivity contribution < 1.29 is 28.5 Å². The van der Waals surface area contributed by atoms with Crippen LogP contribution in [0.2, 0.25) is 0 Å². The molecule has 0 aliphatic heterocycles. The zero-order valence-corrected chi connectivity index (χ0v) is 35.6. The van der Waals surface area contributed by atoms with Gasteiger partial charge < -0.3 is 18.9 Å². The average molecular weight is 845 g/mol. The number of carbonyl (C=O) groups is 2. The third-order valence-corrected chi connectivity index (χ3v) is 11.1. The third kappa shape index (κ3) is 9.26. The summed E-state index contributed by atoms with van der Waals surface area (Å²) in [5, 5.41) is 0. The highest BCUT2D eigenvalue weighted by atomic mass is 32.1. The van der Waals surface area contributed by atoms with Crippen LogP contribution >= 0.6 is 25.3 Å². The van der Waals surface area contributed by atoms with Crippen LogP contribution in [0.4, 0.5) is 11.4 Å². The molecule has 0 fully saturated rings. The molecule has 6 aromatic carbocycles. The zero-order valence-electron chi connectivity index (χ0n) is 33.8. The fourth-order valence-corrected chi connectivity index (χ4v) is 8.05. The molecule has 0 N–H and O–H groups in total. The second-order valence-corrected chi connectivity index (χ2v) is 15.1. The van der Waals surface area contributed by atoms with E-state index in [0.717, 1.165) is 67.0 Å². The molecule has 0 spiro atoms. The van der Waals surface area contributed by atoms with E-state index in [2.05, 4.69) is 86.0 Å². The van der Waals surface area contributed by atoms with E-state index in [1.807, 2.05) is 74.5 Å². The maximum absolute atomic E-state index is 11.3. The van der Waals surface area contributed by atoms with Crippen molar-refractivity contribution in [2.45, 2.75) is 29.1 Å². The Bertz CT molecular complexity index is 2490. The Labute approximate surface area is 367 Å². The summed E-state index contributed by atoms with van der Waals surface area (Å²) in [6, 6.07) is 45.0. The Morgan fingerprint density at radius 1 is 0.557 bits per heavy atom. The normalized spacial score (nSPS) is 12.8. The molecule has 1 aliphatic carbocycles. The summed E-state index contributed by atoms with van der Waals surface area (Å²) in [4.78, 5) is 34.1. The van der Waals surface area contributed by atoms with Gasteiger partial charge in [-0.2, -0.15) is 0 Å². The lowest BCUT2D eigenvalue weighted by atomic mass is 9.67. The van der Waals surface area contributed by atoms with Crippen molar-refractivity contribution in [2.75, 3.05) is 26.4 Å². The molecule has 7 rings (SSSR count). The number of thiol groups is 2. The first-order valence-electron chi connectivity index (χ1n) is 19.6. The third-order valence-electron chi connectivity index (χ3n) is 10.4. The van der Waals surface area contributed by atoms with E-state index in [-0.39, 0.29) is 26.4 Å². The van der Waals surface area contributed by atoms with Gasteiger partial charge >= 0.3 is 11.9 Å². The second-order valence-electron chi connectivity index (χ2n) is 14.1. The first-order valence-corrected chi connectivity index (χ1v) is 20.5. The Morgan fingerprint density at radius 3 is 1.33 bits per heavy atom. The van der Waals surface area contributed by atoms with Crippen LogP contribution < -0.4 is 9.47 Å². The summed E-state index contributed by atoms with van der Waals surface area (Å²) >= 11 is 10.1. The van der Waals surface area contributed by atoms with Crippen LogP contribution in [0.3, 0.4) is 0 Å². The molecule has 0 amide bonds. The molecule has 0 aromatic heterocycles. The SMILES string of the molecule is C=CC(=O)OCCOc1ccc(/C(C)=N/c2ccc(C3(c4ccc(/N=C(\C)c5ccc(OCCOC(=O)C=C)cc5)c(S)c4)c4ccccc4-c4ccccc43)cc2S)cc1. The summed E-state index contributed by atoms with van der Waals surface area (Å²) in [7, 11) is 0. The fraction of sp³-hybridized carbons (Fsp3) is 0.137. The minimum Gasteiger partial charge on any atom is -0.490 e. The van der Waals surface area contributed by atoms with Crippen molar-refractivity contribution in [3.63, 3.8) is 0 Å². The molecule has 0 heterocycles. The predicted octanol–water partition coefficient (Wildman–Crippen LogP) is 11.1. The Kier molecular flexibility index (Phi) is 13.4. The predicted molar refractivity (Wildman–Crippen MR) is 248 cm³/mol. The van der Waals surface area contributed by atoms with Crippen LogP contribution in [-0.2, 0) is 24.5 Å². The van der Waals surface area contributed by atoms with Gasteiger partial charge in [0.25, 0.3) is 0 Å². The van der Waals surface area contributed by atoms with Crippen molar-refractivity contribution in [3.8, 4) is 22.6 Å². The van der Waals surface area contributed by atoms with Crippen LogP contribution in [0.5, 0.6) is 11.5 Å². The molecule has 0 atom stereocenters. The summed E-state index contributed by atoms with van der Waals surface area (Å²) in [6.07, 6.45) is 2.25. The van der Waals surface area contributed by atoms with Gasteiger partial charge in [0.1, 0.15) is 37.9 Å². The van der Waals surface area contributed by atoms with E-state index in [1.165, 1.54) is 22.3 Å². The van der Waals surface area contributed by atoms with Crippen molar-refractivity contribution >= 4 is 60.0 Å². The van der Waals surface area contributed by atoms with Crippen molar-refractivity contribution in [3.05, 3.63) is 192 Å². The standard InChI is InChI=1S/C51H44N2O6S2/c1-5-49(54)58-29-27-56-39-21-15-35(16-22-39)33(3)52-45-25-19-37(31-47(45)60)51(43-13-9-7-11-41(43)42-12-8-10-14-44(42)51)38-20-26-46(48(61)32-38)53-34(4)36-17-23-40(24-18-36)57-28-30-59-50(55)6-2/h5-26,31-32,60-61H,1-2,27-30H2,3-4H3/b52-33+,53-34+. The lowest BCUT2D eigenvalue weighted by molar-refractivity contribution is -0.139. The van der Waals surface area contributed by atoms with Gasteiger partial charge in [0.15, 0.2) is 0 Å². The summed E-state index contributed by atoms with van der Waals surface area (Å²) in [6.45, 7) is 11.5. The number of rotatable bonds is 16. The lowest BCUT2D eigenvalue weighted by Crippen LogP contribution is -2.28. The Morgan fingerprint density at radius 2 is 0.951 bits per heavy atom. The largest absolute Gasteiger partial charge is 0.490 e. The van der Waals surface area contributed by atoms with E-state index >= 15 is 0 Å². The molecule has 10 heteroatoms. The highest BCUT2D eigenvalue weighted by Crippen LogP contribution is 2.57. The molecule has 0 radical (unpaired) electrons. The van der Waals surface area contributed by atoms with E-state index in [4.69, 9.17) is 54.2 Å². The lowest BCUT2D eigenvalue weighted by Gasteiger charge is -2.34. The number of ether oxygens (including phenoxy) is 4. The molecule has 0 saturated carbocycles. The monoisotopic (exact) mass is 844 g/mol.